The fourth-order valence-corrected chi connectivity index (χ4v) is 1.58. The Morgan fingerprint density at radius 3 is 2.48 bits per heavy atom. The van der Waals surface area contributed by atoms with Crippen LogP contribution in [0.1, 0.15) is 33.5 Å². The van der Waals surface area contributed by atoms with Gasteiger partial charge in [0.25, 0.3) is 0 Å². The molecule has 3 N–H and O–H groups in total. The standard InChI is InChI=1S/C14H22N2O5/c1-13(2,3)21-9-7-15-12(19)16-14(4,11(17)18)10-6-5-8-20-10/h5-6,8H,7,9H2,1-4H3,(H,17,18)(H2,15,16,19). The third-order valence-electron chi connectivity index (χ3n) is 2.73. The smallest absolute Gasteiger partial charge is 0.337 e. The van der Waals surface area contributed by atoms with E-state index in [0.29, 0.717) is 6.61 Å². The lowest BCUT2D eigenvalue weighted by molar-refractivity contribution is -0.144. The molecule has 1 atom stereocenters. The molecule has 0 spiro atoms. The molecule has 7 heteroatoms. The van der Waals surface area contributed by atoms with E-state index in [1.165, 1.54) is 19.3 Å². The number of carbonyl (C=O) groups is 2. The minimum Gasteiger partial charge on any atom is -0.479 e. The van der Waals surface area contributed by atoms with Gasteiger partial charge in [-0.2, -0.15) is 0 Å². The summed E-state index contributed by atoms with van der Waals surface area (Å²) in [5.74, 6) is -1.06. The van der Waals surface area contributed by atoms with E-state index in [1.54, 1.807) is 6.07 Å². The van der Waals surface area contributed by atoms with Crippen molar-refractivity contribution in [2.75, 3.05) is 13.2 Å². The van der Waals surface area contributed by atoms with Gasteiger partial charge in [-0.05, 0) is 39.8 Å². The number of amides is 2. The van der Waals surface area contributed by atoms with E-state index in [-0.39, 0.29) is 17.9 Å². The van der Waals surface area contributed by atoms with Crippen LogP contribution in [-0.2, 0) is 15.1 Å². The van der Waals surface area contributed by atoms with Crippen LogP contribution in [-0.4, -0.2) is 35.9 Å². The van der Waals surface area contributed by atoms with Gasteiger partial charge in [-0.15, -0.1) is 0 Å². The number of urea groups is 1. The highest BCUT2D eigenvalue weighted by Gasteiger charge is 2.39. The first kappa shape index (κ1) is 17.0. The number of aliphatic carboxylic acids is 1. The van der Waals surface area contributed by atoms with Crippen molar-refractivity contribution in [2.24, 2.45) is 0 Å². The van der Waals surface area contributed by atoms with Crippen LogP contribution >= 0.6 is 0 Å². The summed E-state index contributed by atoms with van der Waals surface area (Å²) >= 11 is 0. The number of nitrogens with one attached hydrogen (secondary N) is 2. The first-order valence-corrected chi connectivity index (χ1v) is 6.62. The van der Waals surface area contributed by atoms with Gasteiger partial charge in [0.1, 0.15) is 5.76 Å². The maximum absolute atomic E-state index is 11.8. The highest BCUT2D eigenvalue weighted by Crippen LogP contribution is 2.21. The van der Waals surface area contributed by atoms with Crippen molar-refractivity contribution < 1.29 is 23.8 Å². The summed E-state index contributed by atoms with van der Waals surface area (Å²) < 4.78 is 10.5. The van der Waals surface area contributed by atoms with E-state index in [4.69, 9.17) is 9.15 Å². The Labute approximate surface area is 123 Å². The SMILES string of the molecule is CC(C)(C)OCCNC(=O)NC(C)(C(=O)O)c1ccco1. The zero-order valence-electron chi connectivity index (χ0n) is 12.7. The molecular formula is C14H22N2O5. The Hall–Kier alpha value is -2.02. The van der Waals surface area contributed by atoms with Crippen molar-refractivity contribution >= 4 is 12.0 Å². The summed E-state index contributed by atoms with van der Waals surface area (Å²) in [5, 5.41) is 14.2. The number of hydrogen-bond donors (Lipinski definition) is 3. The number of ether oxygens (including phenoxy) is 1. The van der Waals surface area contributed by atoms with E-state index >= 15 is 0 Å². The van der Waals surface area contributed by atoms with Crippen LogP contribution in [0.2, 0.25) is 0 Å². The maximum Gasteiger partial charge on any atom is 0.337 e. The van der Waals surface area contributed by atoms with Gasteiger partial charge >= 0.3 is 12.0 Å². The fourth-order valence-electron chi connectivity index (χ4n) is 1.58. The van der Waals surface area contributed by atoms with Crippen molar-refractivity contribution in [2.45, 2.75) is 38.8 Å². The van der Waals surface area contributed by atoms with Crippen LogP contribution in [0, 0.1) is 0 Å². The second kappa shape index (κ2) is 6.62. The number of carbonyl (C=O) groups excluding carboxylic acids is 1. The molecular weight excluding hydrogens is 276 g/mol. The molecule has 0 fully saturated rings. The van der Waals surface area contributed by atoms with Gasteiger partial charge in [0, 0.05) is 6.54 Å². The third kappa shape index (κ3) is 5.11. The number of carboxylic acids is 1. The molecule has 21 heavy (non-hydrogen) atoms. The number of rotatable bonds is 6. The van der Waals surface area contributed by atoms with Crippen LogP contribution in [0.25, 0.3) is 0 Å². The zero-order valence-corrected chi connectivity index (χ0v) is 12.7. The fraction of sp³-hybridized carbons (Fsp3) is 0.571. The minimum atomic E-state index is -1.63. The van der Waals surface area contributed by atoms with Gasteiger partial charge in [-0.25, -0.2) is 9.59 Å². The number of carboxylic acid groups (broad SMARTS) is 1. The summed E-state index contributed by atoms with van der Waals surface area (Å²) in [6.45, 7) is 7.69. The molecule has 1 heterocycles. The van der Waals surface area contributed by atoms with Crippen LogP contribution in [0.3, 0.4) is 0 Å². The Morgan fingerprint density at radius 2 is 2.00 bits per heavy atom. The van der Waals surface area contributed by atoms with Gasteiger partial charge in [0.2, 0.25) is 0 Å². The molecule has 0 saturated carbocycles. The first-order valence-electron chi connectivity index (χ1n) is 6.62. The Kier molecular flexibility index (Phi) is 5.37. The van der Waals surface area contributed by atoms with Crippen molar-refractivity contribution in [3.05, 3.63) is 24.2 Å². The molecule has 0 aromatic carbocycles. The summed E-state index contributed by atoms with van der Waals surface area (Å²) in [6.07, 6.45) is 1.35. The van der Waals surface area contributed by atoms with Gasteiger partial charge in [0.15, 0.2) is 5.54 Å². The second-order valence-corrected chi connectivity index (χ2v) is 5.75. The van der Waals surface area contributed by atoms with E-state index in [9.17, 15) is 14.7 Å². The molecule has 118 valence electrons. The van der Waals surface area contributed by atoms with Gasteiger partial charge in [-0.1, -0.05) is 0 Å². The molecule has 1 rings (SSSR count). The predicted molar refractivity (Wildman–Crippen MR) is 75.9 cm³/mol. The molecule has 0 aliphatic carbocycles. The lowest BCUT2D eigenvalue weighted by Gasteiger charge is -2.24. The van der Waals surface area contributed by atoms with Crippen LogP contribution in [0.5, 0.6) is 0 Å². The van der Waals surface area contributed by atoms with Crippen LogP contribution in [0.4, 0.5) is 4.79 Å². The molecule has 1 aromatic heterocycles. The quantitative estimate of drug-likeness (QED) is 0.694. The molecule has 2 amide bonds. The van der Waals surface area contributed by atoms with E-state index in [2.05, 4.69) is 10.6 Å². The monoisotopic (exact) mass is 298 g/mol. The Morgan fingerprint density at radius 1 is 1.33 bits per heavy atom. The first-order chi connectivity index (χ1) is 9.65. The normalized spacial score (nSPS) is 14.3. The zero-order chi connectivity index (χ0) is 16.1. The van der Waals surface area contributed by atoms with Crippen LogP contribution < -0.4 is 10.6 Å². The van der Waals surface area contributed by atoms with Crippen molar-refractivity contribution in [3.8, 4) is 0 Å². The van der Waals surface area contributed by atoms with Gasteiger partial charge in [-0.3, -0.25) is 0 Å². The maximum atomic E-state index is 11.8. The van der Waals surface area contributed by atoms with Crippen molar-refractivity contribution in [1.82, 2.24) is 10.6 Å². The molecule has 0 aliphatic rings. The van der Waals surface area contributed by atoms with E-state index < -0.39 is 17.5 Å². The minimum absolute atomic E-state index is 0.149. The van der Waals surface area contributed by atoms with E-state index in [1.807, 2.05) is 20.8 Å². The molecule has 7 nitrogen and oxygen atoms in total. The highest BCUT2D eigenvalue weighted by atomic mass is 16.5. The predicted octanol–water partition coefficient (Wildman–Crippen LogP) is 1.69. The lowest BCUT2D eigenvalue weighted by atomic mass is 9.99. The second-order valence-electron chi connectivity index (χ2n) is 5.75. The Bertz CT molecular complexity index is 478. The number of hydrogen-bond acceptors (Lipinski definition) is 4. The average molecular weight is 298 g/mol. The molecule has 0 bridgehead atoms. The summed E-state index contributed by atoms with van der Waals surface area (Å²) in [6, 6.07) is 2.46. The van der Waals surface area contributed by atoms with Crippen LogP contribution in [0.15, 0.2) is 22.8 Å². The van der Waals surface area contributed by atoms with E-state index in [0.717, 1.165) is 0 Å². The molecule has 0 aliphatic heterocycles. The summed E-state index contributed by atoms with van der Waals surface area (Å²) in [7, 11) is 0. The summed E-state index contributed by atoms with van der Waals surface area (Å²) in [5.41, 5.74) is -1.92. The molecule has 1 unspecified atom stereocenters. The van der Waals surface area contributed by atoms with Crippen molar-refractivity contribution in [3.63, 3.8) is 0 Å². The lowest BCUT2D eigenvalue weighted by Crippen LogP contribution is -2.53. The molecule has 0 radical (unpaired) electrons. The van der Waals surface area contributed by atoms with Crippen molar-refractivity contribution in [1.29, 1.82) is 0 Å². The highest BCUT2D eigenvalue weighted by molar-refractivity contribution is 5.86. The topological polar surface area (TPSA) is 101 Å². The largest absolute Gasteiger partial charge is 0.479 e. The average Bonchev–Trinajstić information content (AvgIpc) is 2.87. The van der Waals surface area contributed by atoms with Gasteiger partial charge in [0.05, 0.1) is 18.5 Å². The number of furan rings is 1. The Balaban J connectivity index is 2.53. The molecule has 0 saturated heterocycles. The van der Waals surface area contributed by atoms with Gasteiger partial charge < -0.3 is 24.9 Å². The molecule has 1 aromatic rings. The third-order valence-corrected chi connectivity index (χ3v) is 2.73. The summed E-state index contributed by atoms with van der Waals surface area (Å²) in [4.78, 5) is 23.2.